The van der Waals surface area contributed by atoms with Crippen molar-refractivity contribution < 1.29 is 13.3 Å². The smallest absolute Gasteiger partial charge is 0.289 e. The molecule has 2 aromatic heterocycles. The van der Waals surface area contributed by atoms with Crippen LogP contribution in [0.1, 0.15) is 5.69 Å². The molecule has 0 aliphatic carbocycles. The molecule has 0 N–H and O–H groups in total. The van der Waals surface area contributed by atoms with Crippen molar-refractivity contribution in [2.45, 2.75) is 11.4 Å². The lowest BCUT2D eigenvalue weighted by Crippen LogP contribution is -2.48. The molecule has 9 nitrogen and oxygen atoms in total. The molecule has 3 heterocycles. The van der Waals surface area contributed by atoms with Gasteiger partial charge in [0.15, 0.2) is 4.90 Å². The molecule has 1 aromatic carbocycles. The van der Waals surface area contributed by atoms with Crippen LogP contribution in [0, 0.1) is 10.1 Å². The molecule has 0 amide bonds. The summed E-state index contributed by atoms with van der Waals surface area (Å²) in [4.78, 5) is 12.4. The number of fused-ring (bicyclic) bond motifs is 1. The predicted octanol–water partition coefficient (Wildman–Crippen LogP) is 1.75. The number of pyridine rings is 1. The van der Waals surface area contributed by atoms with Crippen molar-refractivity contribution in [3.63, 3.8) is 0 Å². The topological polar surface area (TPSA) is 101 Å². The second-order valence-corrected chi connectivity index (χ2v) is 8.52. The van der Waals surface area contributed by atoms with E-state index >= 15 is 0 Å². The van der Waals surface area contributed by atoms with Gasteiger partial charge in [-0.15, -0.1) is 0 Å². The molecule has 0 spiro atoms. The van der Waals surface area contributed by atoms with Crippen LogP contribution >= 0.6 is 0 Å². The first kappa shape index (κ1) is 18.5. The number of benzene rings is 1. The molecule has 3 aromatic rings. The number of rotatable bonds is 5. The molecule has 28 heavy (non-hydrogen) atoms. The van der Waals surface area contributed by atoms with Crippen molar-refractivity contribution in [1.82, 2.24) is 18.8 Å². The molecule has 0 radical (unpaired) electrons. The largest absolute Gasteiger partial charge is 0.295 e. The second-order valence-electron chi connectivity index (χ2n) is 6.61. The standard InChI is InChI=1S/C18H19N5O4S/c24-23(25)17-6-1-2-7-18(17)28(26,27)21-11-9-20(10-12-21)14-15-13-16-5-3-4-8-22(16)19-15/h1-8,13H,9-12,14H2. The Morgan fingerprint density at radius 2 is 1.75 bits per heavy atom. The van der Waals surface area contributed by atoms with Gasteiger partial charge in [-0.25, -0.2) is 12.9 Å². The van der Waals surface area contributed by atoms with Gasteiger partial charge in [-0.3, -0.25) is 15.0 Å². The Bertz CT molecular complexity index is 1090. The third-order valence-electron chi connectivity index (χ3n) is 4.82. The molecule has 10 heteroatoms. The summed E-state index contributed by atoms with van der Waals surface area (Å²) in [6.07, 6.45) is 1.89. The highest BCUT2D eigenvalue weighted by atomic mass is 32.2. The molecule has 0 unspecified atom stereocenters. The Morgan fingerprint density at radius 1 is 1.04 bits per heavy atom. The van der Waals surface area contributed by atoms with Crippen LogP contribution in [0.15, 0.2) is 59.6 Å². The number of aromatic nitrogens is 2. The van der Waals surface area contributed by atoms with Crippen molar-refractivity contribution in [2.24, 2.45) is 0 Å². The highest BCUT2D eigenvalue weighted by Crippen LogP contribution is 2.27. The van der Waals surface area contributed by atoms with Gasteiger partial charge in [-0.1, -0.05) is 18.2 Å². The van der Waals surface area contributed by atoms with Crippen LogP contribution in [-0.4, -0.2) is 58.3 Å². The summed E-state index contributed by atoms with van der Waals surface area (Å²) in [5.74, 6) is 0. The van der Waals surface area contributed by atoms with E-state index < -0.39 is 20.6 Å². The lowest BCUT2D eigenvalue weighted by Gasteiger charge is -2.33. The molecule has 1 aliphatic heterocycles. The van der Waals surface area contributed by atoms with Gasteiger partial charge in [-0.2, -0.15) is 9.40 Å². The van der Waals surface area contributed by atoms with Crippen LogP contribution in [0.25, 0.3) is 5.52 Å². The fourth-order valence-corrected chi connectivity index (χ4v) is 4.97. The van der Waals surface area contributed by atoms with Crippen molar-refractivity contribution >= 4 is 21.2 Å². The molecule has 1 saturated heterocycles. The maximum atomic E-state index is 12.9. The van der Waals surface area contributed by atoms with Crippen molar-refractivity contribution in [1.29, 1.82) is 0 Å². The Hall–Kier alpha value is -2.82. The highest BCUT2D eigenvalue weighted by molar-refractivity contribution is 7.89. The maximum Gasteiger partial charge on any atom is 0.289 e. The SMILES string of the molecule is O=[N+]([O-])c1ccccc1S(=O)(=O)N1CCN(Cc2cc3ccccn3n2)CC1. The van der Waals surface area contributed by atoms with E-state index in [1.165, 1.54) is 28.6 Å². The summed E-state index contributed by atoms with van der Waals surface area (Å²) < 4.78 is 28.9. The number of hydrogen-bond donors (Lipinski definition) is 0. The molecule has 1 aliphatic rings. The number of para-hydroxylation sites is 1. The zero-order valence-electron chi connectivity index (χ0n) is 15.0. The summed E-state index contributed by atoms with van der Waals surface area (Å²) in [6.45, 7) is 2.26. The Kier molecular flexibility index (Phi) is 4.84. The van der Waals surface area contributed by atoms with Crippen molar-refractivity contribution in [3.8, 4) is 0 Å². The molecule has 1 fully saturated rings. The van der Waals surface area contributed by atoms with E-state index in [0.29, 0.717) is 19.6 Å². The number of piperazine rings is 1. The van der Waals surface area contributed by atoms with E-state index in [4.69, 9.17) is 0 Å². The van der Waals surface area contributed by atoms with Crippen LogP contribution in [0.3, 0.4) is 0 Å². The van der Waals surface area contributed by atoms with Crippen molar-refractivity contribution in [3.05, 3.63) is 70.5 Å². The Labute approximate surface area is 162 Å². The Morgan fingerprint density at radius 3 is 2.46 bits per heavy atom. The van der Waals surface area contributed by atoms with Gasteiger partial charge in [0.05, 0.1) is 16.1 Å². The van der Waals surface area contributed by atoms with Crippen LogP contribution in [0.2, 0.25) is 0 Å². The molecular weight excluding hydrogens is 382 g/mol. The minimum atomic E-state index is -3.91. The summed E-state index contributed by atoms with van der Waals surface area (Å²) in [5.41, 5.74) is 1.53. The number of sulfonamides is 1. The van der Waals surface area contributed by atoms with Gasteiger partial charge in [0.25, 0.3) is 5.69 Å². The molecule has 0 bridgehead atoms. The highest BCUT2D eigenvalue weighted by Gasteiger charge is 2.33. The van der Waals surface area contributed by atoms with Gasteiger partial charge in [0.2, 0.25) is 10.0 Å². The van der Waals surface area contributed by atoms with Crippen LogP contribution in [0.4, 0.5) is 5.69 Å². The summed E-state index contributed by atoms with van der Waals surface area (Å²) in [6, 6.07) is 13.3. The van der Waals surface area contributed by atoms with Gasteiger partial charge in [0.1, 0.15) is 0 Å². The summed E-state index contributed by atoms with van der Waals surface area (Å²) in [5, 5.41) is 15.7. The minimum absolute atomic E-state index is 0.256. The third-order valence-corrected chi connectivity index (χ3v) is 6.76. The van der Waals surface area contributed by atoms with Gasteiger partial charge < -0.3 is 0 Å². The summed E-state index contributed by atoms with van der Waals surface area (Å²) >= 11 is 0. The van der Waals surface area contributed by atoms with E-state index in [0.717, 1.165) is 11.2 Å². The number of nitro groups is 1. The second kappa shape index (κ2) is 7.30. The van der Waals surface area contributed by atoms with E-state index in [1.807, 2.05) is 35.0 Å². The normalized spacial score (nSPS) is 16.4. The first-order valence-electron chi connectivity index (χ1n) is 8.84. The molecule has 4 rings (SSSR count). The van der Waals surface area contributed by atoms with Crippen LogP contribution in [0.5, 0.6) is 0 Å². The first-order valence-corrected chi connectivity index (χ1v) is 10.3. The molecular formula is C18H19N5O4S. The zero-order valence-corrected chi connectivity index (χ0v) is 15.8. The van der Waals surface area contributed by atoms with Gasteiger partial charge >= 0.3 is 0 Å². The van der Waals surface area contributed by atoms with Gasteiger partial charge in [-0.05, 0) is 24.3 Å². The lowest BCUT2D eigenvalue weighted by molar-refractivity contribution is -0.387. The zero-order chi connectivity index (χ0) is 19.7. The Balaban J connectivity index is 1.45. The van der Waals surface area contributed by atoms with E-state index in [1.54, 1.807) is 0 Å². The number of nitrogens with zero attached hydrogens (tertiary/aromatic N) is 5. The molecule has 0 atom stereocenters. The molecule has 0 saturated carbocycles. The number of hydrogen-bond acceptors (Lipinski definition) is 6. The van der Waals surface area contributed by atoms with E-state index in [9.17, 15) is 18.5 Å². The average Bonchev–Trinajstić information content (AvgIpc) is 3.10. The fourth-order valence-electron chi connectivity index (χ4n) is 3.39. The van der Waals surface area contributed by atoms with Gasteiger partial charge in [0, 0.05) is 45.0 Å². The molecule has 146 valence electrons. The minimum Gasteiger partial charge on any atom is -0.295 e. The number of nitro benzene ring substituents is 1. The van der Waals surface area contributed by atoms with E-state index in [2.05, 4.69) is 10.00 Å². The monoisotopic (exact) mass is 401 g/mol. The first-order chi connectivity index (χ1) is 13.4. The third kappa shape index (κ3) is 3.49. The fraction of sp³-hybridized carbons (Fsp3) is 0.278. The quantitative estimate of drug-likeness (QED) is 0.477. The summed E-state index contributed by atoms with van der Waals surface area (Å²) in [7, 11) is -3.91. The predicted molar refractivity (Wildman–Crippen MR) is 102 cm³/mol. The maximum absolute atomic E-state index is 12.9. The average molecular weight is 401 g/mol. The van der Waals surface area contributed by atoms with E-state index in [-0.39, 0.29) is 18.0 Å². The van der Waals surface area contributed by atoms with Crippen molar-refractivity contribution in [2.75, 3.05) is 26.2 Å². The van der Waals surface area contributed by atoms with Crippen LogP contribution in [-0.2, 0) is 16.6 Å². The lowest BCUT2D eigenvalue weighted by atomic mass is 10.3. The van der Waals surface area contributed by atoms with Crippen LogP contribution < -0.4 is 0 Å².